The van der Waals surface area contributed by atoms with Gasteiger partial charge in [0, 0.05) is 30.2 Å². The molecule has 0 saturated carbocycles. The number of pyridine rings is 2. The summed E-state index contributed by atoms with van der Waals surface area (Å²) in [5.74, 6) is 0.188. The summed E-state index contributed by atoms with van der Waals surface area (Å²) in [5.41, 5.74) is 3.11. The minimum absolute atomic E-state index is 0.00279. The molecule has 4 rings (SSSR count). The van der Waals surface area contributed by atoms with Crippen molar-refractivity contribution in [3.8, 4) is 0 Å². The Hall–Kier alpha value is -4.03. The van der Waals surface area contributed by atoms with E-state index in [1.54, 1.807) is 12.4 Å². The fourth-order valence-electron chi connectivity index (χ4n) is 5.43. The predicted octanol–water partition coefficient (Wildman–Crippen LogP) is 8.62. The van der Waals surface area contributed by atoms with Crippen LogP contribution in [0.25, 0.3) is 0 Å². The summed E-state index contributed by atoms with van der Waals surface area (Å²) in [4.78, 5) is 22.3. The Labute approximate surface area is 250 Å². The number of carbonyl (C=O) groups is 1. The van der Waals surface area contributed by atoms with Crippen LogP contribution in [0.4, 0.5) is 11.5 Å². The quantitative estimate of drug-likeness (QED) is 0.112. The zero-order valence-corrected chi connectivity index (χ0v) is 24.7. The number of benzene rings is 2. The van der Waals surface area contributed by atoms with Gasteiger partial charge in [-0.3, -0.25) is 9.78 Å². The van der Waals surface area contributed by atoms with Crippen LogP contribution < -0.4 is 10.6 Å². The maximum absolute atomic E-state index is 13.1. The largest absolute Gasteiger partial charge is 0.388 e. The molecule has 0 radical (unpaired) electrons. The SMILES string of the molecule is CCCCCCCCCCC(=O)Nc1ccccc1[C@@H](Nc1ccccn1)[C@H](c1ccccn1)[C@H](O)c1ccccc1. The lowest BCUT2D eigenvalue weighted by molar-refractivity contribution is -0.116. The van der Waals surface area contributed by atoms with Crippen molar-refractivity contribution < 1.29 is 9.90 Å². The monoisotopic (exact) mass is 564 g/mol. The summed E-state index contributed by atoms with van der Waals surface area (Å²) in [7, 11) is 0. The molecule has 0 aliphatic rings. The van der Waals surface area contributed by atoms with E-state index in [4.69, 9.17) is 0 Å². The smallest absolute Gasteiger partial charge is 0.224 e. The molecule has 220 valence electrons. The summed E-state index contributed by atoms with van der Waals surface area (Å²) in [6.07, 6.45) is 12.6. The van der Waals surface area contributed by atoms with Crippen molar-refractivity contribution in [1.82, 2.24) is 9.97 Å². The fraction of sp³-hybridized carbons (Fsp3) is 0.361. The van der Waals surface area contributed by atoms with Crippen molar-refractivity contribution >= 4 is 17.4 Å². The van der Waals surface area contributed by atoms with Crippen LogP contribution in [0, 0.1) is 0 Å². The third-order valence-electron chi connectivity index (χ3n) is 7.67. The van der Waals surface area contributed by atoms with Gasteiger partial charge in [0.05, 0.1) is 18.1 Å². The number of aliphatic hydroxyl groups is 1. The number of unbranched alkanes of at least 4 members (excludes halogenated alkanes) is 7. The molecule has 6 heteroatoms. The van der Waals surface area contributed by atoms with E-state index in [1.165, 1.54) is 38.5 Å². The number of amides is 1. The topological polar surface area (TPSA) is 87.1 Å². The van der Waals surface area contributed by atoms with E-state index in [1.807, 2.05) is 91.0 Å². The minimum Gasteiger partial charge on any atom is -0.388 e. The molecule has 2 aromatic heterocycles. The molecule has 2 aromatic carbocycles. The average molecular weight is 565 g/mol. The second kappa shape index (κ2) is 17.0. The molecule has 2 heterocycles. The highest BCUT2D eigenvalue weighted by Gasteiger charge is 2.35. The van der Waals surface area contributed by atoms with Crippen molar-refractivity contribution in [3.05, 3.63) is 120 Å². The summed E-state index contributed by atoms with van der Waals surface area (Å²) in [5, 5.41) is 18.6. The molecule has 0 aliphatic carbocycles. The number of aliphatic hydroxyl groups excluding tert-OH is 1. The zero-order valence-electron chi connectivity index (χ0n) is 24.7. The number of nitrogens with zero attached hydrogens (tertiary/aromatic N) is 2. The summed E-state index contributed by atoms with van der Waals surface area (Å²) < 4.78 is 0. The number of carbonyl (C=O) groups excluding carboxylic acids is 1. The van der Waals surface area contributed by atoms with Gasteiger partial charge >= 0.3 is 0 Å². The third kappa shape index (κ3) is 9.25. The average Bonchev–Trinajstić information content (AvgIpc) is 3.04. The second-order valence-electron chi connectivity index (χ2n) is 10.8. The lowest BCUT2D eigenvalue weighted by atomic mass is 9.82. The van der Waals surface area contributed by atoms with Gasteiger partial charge in [0.1, 0.15) is 5.82 Å². The van der Waals surface area contributed by atoms with Crippen LogP contribution in [0.15, 0.2) is 103 Å². The molecule has 0 fully saturated rings. The van der Waals surface area contributed by atoms with E-state index in [-0.39, 0.29) is 5.91 Å². The molecule has 1 amide bonds. The number of rotatable bonds is 17. The van der Waals surface area contributed by atoms with Crippen LogP contribution in [0.1, 0.15) is 99.6 Å². The Morgan fingerprint density at radius 2 is 1.38 bits per heavy atom. The first-order valence-electron chi connectivity index (χ1n) is 15.4. The van der Waals surface area contributed by atoms with Gasteiger partial charge in [0.2, 0.25) is 5.91 Å². The van der Waals surface area contributed by atoms with Crippen LogP contribution in [0.5, 0.6) is 0 Å². The first kappa shape index (κ1) is 30.9. The van der Waals surface area contributed by atoms with Gasteiger partial charge in [-0.15, -0.1) is 0 Å². The van der Waals surface area contributed by atoms with Crippen molar-refractivity contribution in [3.63, 3.8) is 0 Å². The molecular formula is C36H44N4O2. The molecule has 3 atom stereocenters. The van der Waals surface area contributed by atoms with Crippen molar-refractivity contribution in [2.45, 2.75) is 82.8 Å². The second-order valence-corrected chi connectivity index (χ2v) is 10.8. The molecule has 4 aromatic rings. The van der Waals surface area contributed by atoms with Gasteiger partial charge in [-0.25, -0.2) is 4.98 Å². The first-order valence-corrected chi connectivity index (χ1v) is 15.4. The minimum atomic E-state index is -0.872. The highest BCUT2D eigenvalue weighted by atomic mass is 16.3. The van der Waals surface area contributed by atoms with E-state index < -0.39 is 18.1 Å². The molecule has 42 heavy (non-hydrogen) atoms. The first-order chi connectivity index (χ1) is 20.7. The number of hydrogen-bond acceptors (Lipinski definition) is 5. The number of para-hydroxylation sites is 1. The Morgan fingerprint density at radius 3 is 2.07 bits per heavy atom. The van der Waals surface area contributed by atoms with E-state index >= 15 is 0 Å². The van der Waals surface area contributed by atoms with Gasteiger partial charge < -0.3 is 15.7 Å². The fourth-order valence-corrected chi connectivity index (χ4v) is 5.43. The Kier molecular flexibility index (Phi) is 12.5. The zero-order chi connectivity index (χ0) is 29.4. The lowest BCUT2D eigenvalue weighted by Gasteiger charge is -2.33. The number of hydrogen-bond donors (Lipinski definition) is 3. The third-order valence-corrected chi connectivity index (χ3v) is 7.67. The summed E-state index contributed by atoms with van der Waals surface area (Å²) >= 11 is 0. The van der Waals surface area contributed by atoms with Crippen LogP contribution in [-0.2, 0) is 4.79 Å². The van der Waals surface area contributed by atoms with Gasteiger partial charge in [-0.1, -0.05) is 113 Å². The number of anilines is 2. The van der Waals surface area contributed by atoms with Crippen LogP contribution in [0.2, 0.25) is 0 Å². The molecule has 0 spiro atoms. The van der Waals surface area contributed by atoms with E-state index in [2.05, 4.69) is 27.5 Å². The summed E-state index contributed by atoms with van der Waals surface area (Å²) in [6, 6.07) is 28.4. The van der Waals surface area contributed by atoms with Gasteiger partial charge in [-0.2, -0.15) is 0 Å². The van der Waals surface area contributed by atoms with E-state index in [0.717, 1.165) is 35.3 Å². The Morgan fingerprint density at radius 1 is 0.738 bits per heavy atom. The Balaban J connectivity index is 1.59. The molecule has 0 aliphatic heterocycles. The molecule has 0 saturated heterocycles. The number of aromatic nitrogens is 2. The maximum atomic E-state index is 13.1. The standard InChI is InChI=1S/C36H44N4O2/c1-2-3-4-5-6-7-8-12-25-33(41)39-30-22-14-13-21-29(30)35(40-32-24-16-18-27-38-32)34(31-23-15-17-26-37-31)36(42)28-19-10-9-11-20-28/h9-11,13-24,26-27,34-36,42H,2-8,12,25H2,1H3,(H,38,40)(H,39,41)/t34-,35+,36+/m0/s1. The van der Waals surface area contributed by atoms with Gasteiger partial charge in [0.15, 0.2) is 0 Å². The molecular weight excluding hydrogens is 520 g/mol. The van der Waals surface area contributed by atoms with Crippen molar-refractivity contribution in [1.29, 1.82) is 0 Å². The highest BCUT2D eigenvalue weighted by molar-refractivity contribution is 5.91. The lowest BCUT2D eigenvalue weighted by Crippen LogP contribution is -2.27. The van der Waals surface area contributed by atoms with Crippen LogP contribution in [-0.4, -0.2) is 21.0 Å². The van der Waals surface area contributed by atoms with Gasteiger partial charge in [0.25, 0.3) is 0 Å². The molecule has 3 N–H and O–H groups in total. The Bertz CT molecular complexity index is 1320. The van der Waals surface area contributed by atoms with E-state index in [0.29, 0.717) is 12.2 Å². The van der Waals surface area contributed by atoms with Crippen molar-refractivity contribution in [2.24, 2.45) is 0 Å². The predicted molar refractivity (Wildman–Crippen MR) is 171 cm³/mol. The summed E-state index contributed by atoms with van der Waals surface area (Å²) in [6.45, 7) is 2.23. The van der Waals surface area contributed by atoms with Crippen molar-refractivity contribution in [2.75, 3.05) is 10.6 Å². The number of nitrogens with one attached hydrogen (secondary N) is 2. The highest BCUT2D eigenvalue weighted by Crippen LogP contribution is 2.43. The normalized spacial score (nSPS) is 13.2. The van der Waals surface area contributed by atoms with Crippen LogP contribution in [0.3, 0.4) is 0 Å². The molecule has 0 bridgehead atoms. The van der Waals surface area contributed by atoms with E-state index in [9.17, 15) is 9.90 Å². The molecule has 6 nitrogen and oxygen atoms in total. The molecule has 0 unspecified atom stereocenters. The maximum Gasteiger partial charge on any atom is 0.224 e. The van der Waals surface area contributed by atoms with Crippen LogP contribution >= 0.6 is 0 Å². The van der Waals surface area contributed by atoms with Gasteiger partial charge in [-0.05, 0) is 47.9 Å².